The van der Waals surface area contributed by atoms with Gasteiger partial charge >= 0.3 is 6.03 Å². The summed E-state index contributed by atoms with van der Waals surface area (Å²) in [5, 5.41) is 0. The molecule has 0 aliphatic carbocycles. The Balaban J connectivity index is 1.56. The van der Waals surface area contributed by atoms with Crippen LogP contribution in [-0.2, 0) is 21.2 Å². The highest BCUT2D eigenvalue weighted by atomic mass is 32.2. The third-order valence-electron chi connectivity index (χ3n) is 4.51. The van der Waals surface area contributed by atoms with Crippen LogP contribution in [0, 0.1) is 11.8 Å². The van der Waals surface area contributed by atoms with Gasteiger partial charge < -0.3 is 15.4 Å². The molecule has 0 spiro atoms. The van der Waals surface area contributed by atoms with Gasteiger partial charge in [-0.3, -0.25) is 9.36 Å². The fourth-order valence-electron chi connectivity index (χ4n) is 3.00. The highest BCUT2D eigenvalue weighted by Crippen LogP contribution is 2.20. The van der Waals surface area contributed by atoms with E-state index in [1.807, 2.05) is 6.07 Å². The van der Waals surface area contributed by atoms with E-state index >= 15 is 0 Å². The molecule has 9 heteroatoms. The van der Waals surface area contributed by atoms with Gasteiger partial charge in [-0.2, -0.15) is 0 Å². The van der Waals surface area contributed by atoms with Gasteiger partial charge in [0.25, 0.3) is 0 Å². The number of carbonyl (C=O) groups is 2. The van der Waals surface area contributed by atoms with Gasteiger partial charge in [0.15, 0.2) is 9.84 Å². The Morgan fingerprint density at radius 1 is 1.20 bits per heavy atom. The minimum atomic E-state index is -3.05. The van der Waals surface area contributed by atoms with Crippen LogP contribution in [-0.4, -0.2) is 55.0 Å². The number of ether oxygens (including phenoxy) is 1. The molecule has 30 heavy (non-hydrogen) atoms. The van der Waals surface area contributed by atoms with Crippen molar-refractivity contribution in [3.8, 4) is 17.6 Å². The summed E-state index contributed by atoms with van der Waals surface area (Å²) in [4.78, 5) is 24.9. The molecule has 0 radical (unpaired) electrons. The van der Waals surface area contributed by atoms with Gasteiger partial charge in [-0.15, -0.1) is 0 Å². The summed E-state index contributed by atoms with van der Waals surface area (Å²) in [5.74, 6) is 6.26. The number of aromatic nitrogens is 1. The van der Waals surface area contributed by atoms with E-state index in [0.717, 1.165) is 16.8 Å². The number of nitrogens with zero attached hydrogens (tertiary/aromatic N) is 2. The number of sulfone groups is 1. The van der Waals surface area contributed by atoms with Crippen LogP contribution in [0.25, 0.3) is 0 Å². The standard InChI is InChI=1S/C21H23N3O5S/c1-30(27,28)12-11-29-19-8-6-16(7-9-19)4-5-17-13-18-15-23(10-2-3-20(22)25)21(26)24(18)14-17/h6-9,13-14H,2-3,10-12,15H2,1H3,(H2,22,25). The minimum Gasteiger partial charge on any atom is -0.493 e. The Labute approximate surface area is 175 Å². The summed E-state index contributed by atoms with van der Waals surface area (Å²) in [6.07, 6.45) is 3.69. The molecule has 0 fully saturated rings. The summed E-state index contributed by atoms with van der Waals surface area (Å²) < 4.78 is 29.2. The first-order valence-corrected chi connectivity index (χ1v) is 11.5. The number of hydrogen-bond donors (Lipinski definition) is 1. The van der Waals surface area contributed by atoms with Crippen LogP contribution in [0.15, 0.2) is 36.5 Å². The van der Waals surface area contributed by atoms with Crippen molar-refractivity contribution >= 4 is 21.8 Å². The molecule has 8 nitrogen and oxygen atoms in total. The van der Waals surface area contributed by atoms with E-state index in [-0.39, 0.29) is 30.7 Å². The van der Waals surface area contributed by atoms with Crippen LogP contribution in [0.2, 0.25) is 0 Å². The zero-order valence-corrected chi connectivity index (χ0v) is 17.4. The molecule has 1 aliphatic rings. The van der Waals surface area contributed by atoms with Gasteiger partial charge in [0, 0.05) is 42.2 Å². The Morgan fingerprint density at radius 3 is 2.53 bits per heavy atom. The summed E-state index contributed by atoms with van der Waals surface area (Å²) in [6, 6.07) is 8.80. The lowest BCUT2D eigenvalue weighted by Gasteiger charge is -2.13. The summed E-state index contributed by atoms with van der Waals surface area (Å²) in [5.41, 5.74) is 7.50. The molecule has 158 valence electrons. The molecule has 1 aliphatic heterocycles. The predicted octanol–water partition coefficient (Wildman–Crippen LogP) is 1.36. The van der Waals surface area contributed by atoms with Crippen LogP contribution in [0.5, 0.6) is 5.75 Å². The van der Waals surface area contributed by atoms with Gasteiger partial charge in [0.1, 0.15) is 12.4 Å². The lowest BCUT2D eigenvalue weighted by atomic mass is 10.2. The quantitative estimate of drug-likeness (QED) is 0.637. The number of hydrogen-bond acceptors (Lipinski definition) is 5. The monoisotopic (exact) mass is 429 g/mol. The summed E-state index contributed by atoms with van der Waals surface area (Å²) in [7, 11) is -3.05. The average Bonchev–Trinajstić information content (AvgIpc) is 3.19. The minimum absolute atomic E-state index is 0.0326. The van der Waals surface area contributed by atoms with Crippen LogP contribution < -0.4 is 10.5 Å². The molecule has 0 bridgehead atoms. The van der Waals surface area contributed by atoms with E-state index in [1.54, 1.807) is 39.9 Å². The molecule has 2 heterocycles. The van der Waals surface area contributed by atoms with E-state index in [1.165, 1.54) is 6.26 Å². The smallest absolute Gasteiger partial charge is 0.328 e. The molecule has 0 atom stereocenters. The Bertz CT molecular complexity index is 1110. The number of primary amides is 1. The lowest BCUT2D eigenvalue weighted by molar-refractivity contribution is -0.118. The number of carbonyl (C=O) groups excluding carboxylic acids is 2. The topological polar surface area (TPSA) is 112 Å². The molecular weight excluding hydrogens is 406 g/mol. The van der Waals surface area contributed by atoms with Crippen LogP contribution in [0.1, 0.15) is 29.7 Å². The third-order valence-corrected chi connectivity index (χ3v) is 5.42. The van der Waals surface area contributed by atoms with Crippen LogP contribution >= 0.6 is 0 Å². The van der Waals surface area contributed by atoms with Crippen LogP contribution in [0.4, 0.5) is 4.79 Å². The third kappa shape index (κ3) is 5.87. The first kappa shape index (κ1) is 21.5. The second kappa shape index (κ2) is 9.05. The maximum atomic E-state index is 12.4. The fraction of sp³-hybridized carbons (Fsp3) is 0.333. The number of benzene rings is 1. The van der Waals surface area contributed by atoms with E-state index in [9.17, 15) is 18.0 Å². The van der Waals surface area contributed by atoms with Crippen LogP contribution in [0.3, 0.4) is 0 Å². The highest BCUT2D eigenvalue weighted by molar-refractivity contribution is 7.90. The molecule has 0 saturated heterocycles. The molecule has 2 N–H and O–H groups in total. The van der Waals surface area contributed by atoms with E-state index in [4.69, 9.17) is 10.5 Å². The number of fused-ring (bicyclic) bond motifs is 1. The number of rotatable bonds is 8. The second-order valence-electron chi connectivity index (χ2n) is 7.12. The van der Waals surface area contributed by atoms with Crippen molar-refractivity contribution in [2.45, 2.75) is 19.4 Å². The molecule has 1 aromatic heterocycles. The average molecular weight is 429 g/mol. The first-order valence-electron chi connectivity index (χ1n) is 9.43. The molecule has 0 unspecified atom stereocenters. The summed E-state index contributed by atoms with van der Waals surface area (Å²) >= 11 is 0. The van der Waals surface area contributed by atoms with Crippen molar-refractivity contribution in [2.75, 3.05) is 25.2 Å². The van der Waals surface area contributed by atoms with Crippen molar-refractivity contribution in [1.29, 1.82) is 0 Å². The SMILES string of the molecule is CS(=O)(=O)CCOc1ccc(C#Cc2cc3n(c2)C(=O)N(CCCC(N)=O)C3)cc1. The van der Waals surface area contributed by atoms with Gasteiger partial charge in [-0.05, 0) is 36.8 Å². The largest absolute Gasteiger partial charge is 0.493 e. The van der Waals surface area contributed by atoms with Gasteiger partial charge in [-0.25, -0.2) is 13.2 Å². The van der Waals surface area contributed by atoms with E-state index < -0.39 is 9.84 Å². The first-order chi connectivity index (χ1) is 14.2. The second-order valence-corrected chi connectivity index (χ2v) is 9.38. The Hall–Kier alpha value is -3.25. The molecular formula is C21H23N3O5S. The van der Waals surface area contributed by atoms with E-state index in [0.29, 0.717) is 25.3 Å². The van der Waals surface area contributed by atoms with Crippen molar-refractivity contribution in [2.24, 2.45) is 5.73 Å². The van der Waals surface area contributed by atoms with E-state index in [2.05, 4.69) is 11.8 Å². The zero-order chi connectivity index (χ0) is 21.7. The van der Waals surface area contributed by atoms with Gasteiger partial charge in [0.2, 0.25) is 5.91 Å². The summed E-state index contributed by atoms with van der Waals surface area (Å²) in [6.45, 7) is 1.08. The molecule has 2 aromatic rings. The van der Waals surface area contributed by atoms with Crippen molar-refractivity contribution < 1.29 is 22.7 Å². The maximum Gasteiger partial charge on any atom is 0.328 e. The maximum absolute atomic E-state index is 12.4. The highest BCUT2D eigenvalue weighted by Gasteiger charge is 2.26. The van der Waals surface area contributed by atoms with Gasteiger partial charge in [0.05, 0.1) is 12.3 Å². The molecule has 3 rings (SSSR count). The molecule has 0 saturated carbocycles. The fourth-order valence-corrected chi connectivity index (χ4v) is 3.39. The van der Waals surface area contributed by atoms with Gasteiger partial charge in [-0.1, -0.05) is 11.8 Å². The van der Waals surface area contributed by atoms with Crippen molar-refractivity contribution in [1.82, 2.24) is 9.47 Å². The predicted molar refractivity (Wildman–Crippen MR) is 112 cm³/mol. The lowest BCUT2D eigenvalue weighted by Crippen LogP contribution is -2.28. The van der Waals surface area contributed by atoms with Crippen molar-refractivity contribution in [3.63, 3.8) is 0 Å². The molecule has 1 aromatic carbocycles. The molecule has 2 amide bonds. The Kier molecular flexibility index (Phi) is 6.47. The van der Waals surface area contributed by atoms with Crippen molar-refractivity contribution in [3.05, 3.63) is 53.3 Å². The normalized spacial score (nSPS) is 13.0. The Morgan fingerprint density at radius 2 is 1.90 bits per heavy atom. The number of nitrogens with two attached hydrogens (primary N) is 1. The zero-order valence-electron chi connectivity index (χ0n) is 16.6. The number of amides is 2.